The Morgan fingerprint density at radius 1 is 1.33 bits per heavy atom. The van der Waals surface area contributed by atoms with Crippen LogP contribution in [0, 0.1) is 5.82 Å². The van der Waals surface area contributed by atoms with E-state index in [1.807, 2.05) is 6.07 Å². The minimum absolute atomic E-state index is 0.0657. The first kappa shape index (κ1) is 14.5. The van der Waals surface area contributed by atoms with E-state index in [1.165, 1.54) is 12.1 Å². The molecule has 2 aromatic rings. The van der Waals surface area contributed by atoms with Gasteiger partial charge in [0.15, 0.2) is 5.78 Å². The molecule has 1 aliphatic heterocycles. The summed E-state index contributed by atoms with van der Waals surface area (Å²) < 4.78 is 20.0. The second-order valence-electron chi connectivity index (χ2n) is 4.88. The quantitative estimate of drug-likeness (QED) is 0.739. The molecule has 0 saturated carbocycles. The highest BCUT2D eigenvalue weighted by Crippen LogP contribution is 2.33. The molecule has 0 aliphatic carbocycles. The van der Waals surface area contributed by atoms with Crippen LogP contribution in [0.1, 0.15) is 21.5 Å². The molecule has 0 radical (unpaired) electrons. The van der Waals surface area contributed by atoms with Crippen molar-refractivity contribution >= 4 is 33.3 Å². The van der Waals surface area contributed by atoms with Gasteiger partial charge in [-0.2, -0.15) is 0 Å². The fourth-order valence-corrected chi connectivity index (χ4v) is 3.08. The van der Waals surface area contributed by atoms with E-state index in [-0.39, 0.29) is 17.8 Å². The van der Waals surface area contributed by atoms with Gasteiger partial charge in [-0.15, -0.1) is 0 Å². The summed E-state index contributed by atoms with van der Waals surface area (Å²) in [6, 6.07) is 7.88. The Morgan fingerprint density at radius 2 is 2.14 bits per heavy atom. The molecule has 0 saturated heterocycles. The summed E-state index contributed by atoms with van der Waals surface area (Å²) in [5.74, 6) is -0.111. The zero-order valence-electron chi connectivity index (χ0n) is 11.0. The van der Waals surface area contributed by atoms with Crippen molar-refractivity contribution < 1.29 is 13.9 Å². The molecule has 2 aromatic carbocycles. The Bertz CT molecular complexity index is 730. The van der Waals surface area contributed by atoms with Crippen molar-refractivity contribution in [2.24, 2.45) is 0 Å². The van der Waals surface area contributed by atoms with Gasteiger partial charge in [-0.05, 0) is 35.9 Å². The standard InChI is InChI=1S/C16H11BrClFO2/c17-11-1-2-14(19)13(8-11)15(20)7-10-6-12(18)5-9-3-4-21-16(9)10/h1-2,5-6,8H,3-4,7H2. The molecule has 2 nitrogen and oxygen atoms in total. The SMILES string of the molecule is O=C(Cc1cc(Cl)cc2c1OCC2)c1cc(Br)ccc1F. The molecule has 0 bridgehead atoms. The number of rotatable bonds is 3. The molecule has 0 unspecified atom stereocenters. The topological polar surface area (TPSA) is 26.3 Å². The molecule has 0 atom stereocenters. The molecule has 3 rings (SSSR count). The van der Waals surface area contributed by atoms with Crippen LogP contribution in [0.2, 0.25) is 5.02 Å². The first-order valence-corrected chi connectivity index (χ1v) is 7.64. The first-order chi connectivity index (χ1) is 10.0. The van der Waals surface area contributed by atoms with E-state index in [2.05, 4.69) is 15.9 Å². The zero-order valence-corrected chi connectivity index (χ0v) is 13.3. The molecule has 108 valence electrons. The average Bonchev–Trinajstić information content (AvgIpc) is 2.89. The number of carbonyl (C=O) groups is 1. The van der Waals surface area contributed by atoms with E-state index in [0.717, 1.165) is 12.0 Å². The Morgan fingerprint density at radius 3 is 2.95 bits per heavy atom. The highest BCUT2D eigenvalue weighted by molar-refractivity contribution is 9.10. The molecular weight excluding hydrogens is 359 g/mol. The fraction of sp³-hybridized carbons (Fsp3) is 0.188. The molecule has 21 heavy (non-hydrogen) atoms. The van der Waals surface area contributed by atoms with Crippen LogP contribution in [0.25, 0.3) is 0 Å². The second-order valence-corrected chi connectivity index (χ2v) is 6.23. The van der Waals surface area contributed by atoms with Crippen molar-refractivity contribution in [1.82, 2.24) is 0 Å². The fourth-order valence-electron chi connectivity index (χ4n) is 2.46. The Labute approximate surface area is 135 Å². The van der Waals surface area contributed by atoms with Crippen molar-refractivity contribution in [3.05, 3.63) is 62.3 Å². The number of halogens is 3. The lowest BCUT2D eigenvalue weighted by molar-refractivity contribution is 0.0988. The van der Waals surface area contributed by atoms with Crippen molar-refractivity contribution in [3.8, 4) is 5.75 Å². The highest BCUT2D eigenvalue weighted by Gasteiger charge is 2.21. The molecule has 5 heteroatoms. The molecule has 0 amide bonds. The van der Waals surface area contributed by atoms with E-state index in [1.54, 1.807) is 12.1 Å². The average molecular weight is 370 g/mol. The van der Waals surface area contributed by atoms with E-state index in [0.29, 0.717) is 27.4 Å². The Hall–Kier alpha value is -1.39. The summed E-state index contributed by atoms with van der Waals surface area (Å²) in [7, 11) is 0. The van der Waals surface area contributed by atoms with E-state index in [9.17, 15) is 9.18 Å². The number of Topliss-reactive ketones (excluding diaryl/α,β-unsaturated/α-hetero) is 1. The zero-order chi connectivity index (χ0) is 15.0. The lowest BCUT2D eigenvalue weighted by Gasteiger charge is -2.09. The summed E-state index contributed by atoms with van der Waals surface area (Å²) in [4.78, 5) is 12.3. The summed E-state index contributed by atoms with van der Waals surface area (Å²) in [5, 5.41) is 0.566. The largest absolute Gasteiger partial charge is 0.493 e. The third kappa shape index (κ3) is 2.97. The molecule has 0 N–H and O–H groups in total. The molecule has 0 aromatic heterocycles. The van der Waals surface area contributed by atoms with Crippen LogP contribution in [0.4, 0.5) is 4.39 Å². The molecule has 1 aliphatic rings. The number of ketones is 1. The van der Waals surface area contributed by atoms with Crippen molar-refractivity contribution in [3.63, 3.8) is 0 Å². The minimum Gasteiger partial charge on any atom is -0.493 e. The lowest BCUT2D eigenvalue weighted by Crippen LogP contribution is -2.07. The molecule has 0 spiro atoms. The summed E-state index contributed by atoms with van der Waals surface area (Å²) in [5.41, 5.74) is 1.77. The van der Waals surface area contributed by atoms with Gasteiger partial charge in [0.25, 0.3) is 0 Å². The monoisotopic (exact) mass is 368 g/mol. The van der Waals surface area contributed by atoms with Crippen molar-refractivity contribution in [2.45, 2.75) is 12.8 Å². The van der Waals surface area contributed by atoms with Gasteiger partial charge in [-0.25, -0.2) is 4.39 Å². The maximum atomic E-state index is 13.8. The third-order valence-corrected chi connectivity index (χ3v) is 4.12. The number of benzene rings is 2. The van der Waals surface area contributed by atoms with Crippen LogP contribution >= 0.6 is 27.5 Å². The number of carbonyl (C=O) groups excluding carboxylic acids is 1. The number of hydrogen-bond acceptors (Lipinski definition) is 2. The smallest absolute Gasteiger partial charge is 0.170 e. The predicted molar refractivity (Wildman–Crippen MR) is 82.8 cm³/mol. The molecule has 0 fully saturated rings. The van der Waals surface area contributed by atoms with Crippen LogP contribution in [0.5, 0.6) is 5.75 Å². The van der Waals surface area contributed by atoms with E-state index in [4.69, 9.17) is 16.3 Å². The van der Waals surface area contributed by atoms with Crippen LogP contribution in [-0.4, -0.2) is 12.4 Å². The summed E-state index contributed by atoms with van der Waals surface area (Å²) >= 11 is 9.31. The van der Waals surface area contributed by atoms with Crippen LogP contribution in [0.15, 0.2) is 34.8 Å². The van der Waals surface area contributed by atoms with Gasteiger partial charge in [0.1, 0.15) is 11.6 Å². The number of fused-ring (bicyclic) bond motifs is 1. The Balaban J connectivity index is 1.94. The van der Waals surface area contributed by atoms with E-state index >= 15 is 0 Å². The second kappa shape index (κ2) is 5.78. The Kier molecular flexibility index (Phi) is 4.00. The van der Waals surface area contributed by atoms with Crippen molar-refractivity contribution in [1.29, 1.82) is 0 Å². The highest BCUT2D eigenvalue weighted by atomic mass is 79.9. The number of ether oxygens (including phenoxy) is 1. The van der Waals surface area contributed by atoms with E-state index < -0.39 is 5.82 Å². The maximum Gasteiger partial charge on any atom is 0.170 e. The first-order valence-electron chi connectivity index (χ1n) is 6.47. The van der Waals surface area contributed by atoms with Gasteiger partial charge >= 0.3 is 0 Å². The normalized spacial score (nSPS) is 12.9. The predicted octanol–water partition coefficient (Wildman–Crippen LogP) is 4.60. The molecular formula is C16H11BrClFO2. The van der Waals surface area contributed by atoms with Crippen LogP contribution < -0.4 is 4.74 Å². The maximum absolute atomic E-state index is 13.8. The van der Waals surface area contributed by atoms with Gasteiger partial charge in [-0.3, -0.25) is 4.79 Å². The minimum atomic E-state index is -0.525. The van der Waals surface area contributed by atoms with Gasteiger partial charge in [-0.1, -0.05) is 27.5 Å². The molecule has 1 heterocycles. The van der Waals surface area contributed by atoms with Gasteiger partial charge in [0, 0.05) is 27.9 Å². The van der Waals surface area contributed by atoms with Gasteiger partial charge < -0.3 is 4.74 Å². The lowest BCUT2D eigenvalue weighted by atomic mass is 9.99. The van der Waals surface area contributed by atoms with Gasteiger partial charge in [0.05, 0.1) is 12.2 Å². The number of hydrogen-bond donors (Lipinski definition) is 0. The summed E-state index contributed by atoms with van der Waals surface area (Å²) in [6.07, 6.45) is 0.846. The summed E-state index contributed by atoms with van der Waals surface area (Å²) in [6.45, 7) is 0.585. The van der Waals surface area contributed by atoms with Crippen LogP contribution in [-0.2, 0) is 12.8 Å². The van der Waals surface area contributed by atoms with Crippen molar-refractivity contribution in [2.75, 3.05) is 6.61 Å². The third-order valence-electron chi connectivity index (χ3n) is 3.41. The van der Waals surface area contributed by atoms with Gasteiger partial charge in [0.2, 0.25) is 0 Å². The van der Waals surface area contributed by atoms with Crippen LogP contribution in [0.3, 0.4) is 0 Å².